The van der Waals surface area contributed by atoms with Crippen molar-refractivity contribution in [2.75, 3.05) is 12.0 Å². The third-order valence-corrected chi connectivity index (χ3v) is 8.14. The van der Waals surface area contributed by atoms with E-state index in [2.05, 4.69) is 13.8 Å². The molecule has 1 aliphatic heterocycles. The monoisotopic (exact) mass is 417 g/mol. The van der Waals surface area contributed by atoms with Gasteiger partial charge in [-0.2, -0.15) is 0 Å². The van der Waals surface area contributed by atoms with Crippen LogP contribution in [-0.2, 0) is 5.41 Å². The van der Waals surface area contributed by atoms with Gasteiger partial charge in [0.1, 0.15) is 15.4 Å². The first-order valence-corrected chi connectivity index (χ1v) is 10.8. The second kappa shape index (κ2) is 6.51. The molecule has 1 amide bonds. The number of anilines is 2. The van der Waals surface area contributed by atoms with Gasteiger partial charge in [0.2, 0.25) is 0 Å². The summed E-state index contributed by atoms with van der Waals surface area (Å²) >= 11 is 5.55. The molecule has 2 aromatic carbocycles. The summed E-state index contributed by atoms with van der Waals surface area (Å²) in [5, 5.41) is 0. The van der Waals surface area contributed by atoms with Crippen LogP contribution in [0.1, 0.15) is 34.6 Å². The molecule has 7 heteroatoms. The van der Waals surface area contributed by atoms with Crippen molar-refractivity contribution >= 4 is 50.2 Å². The Kier molecular flexibility index (Phi) is 4.41. The van der Waals surface area contributed by atoms with Crippen molar-refractivity contribution in [3.05, 3.63) is 68.1 Å². The van der Waals surface area contributed by atoms with Crippen LogP contribution in [0.4, 0.5) is 15.8 Å². The van der Waals surface area contributed by atoms with E-state index < -0.39 is 11.7 Å². The Morgan fingerprint density at radius 1 is 1.19 bits per heavy atom. The van der Waals surface area contributed by atoms with Gasteiger partial charge in [-0.1, -0.05) is 64.9 Å². The van der Waals surface area contributed by atoms with E-state index in [1.807, 2.05) is 18.2 Å². The fraction of sp³-hybridized carbons (Fsp3) is 0.200. The van der Waals surface area contributed by atoms with Gasteiger partial charge in [-0.05, 0) is 23.8 Å². The lowest BCUT2D eigenvalue weighted by Gasteiger charge is -2.38. The second-order valence-electron chi connectivity index (χ2n) is 6.76. The molecular formula is C20H16FNO2S3. The Morgan fingerprint density at radius 2 is 1.93 bits per heavy atom. The van der Waals surface area contributed by atoms with Crippen LogP contribution in [0.15, 0.2) is 42.5 Å². The number of hydrogen-bond donors (Lipinski definition) is 0. The zero-order valence-electron chi connectivity index (χ0n) is 14.9. The molecule has 3 aromatic rings. The Labute approximate surface area is 169 Å². The van der Waals surface area contributed by atoms with Crippen LogP contribution in [0.3, 0.4) is 0 Å². The highest BCUT2D eigenvalue weighted by Gasteiger charge is 2.42. The summed E-state index contributed by atoms with van der Waals surface area (Å²) in [6.07, 6.45) is 0. The molecule has 1 aliphatic rings. The fourth-order valence-corrected chi connectivity index (χ4v) is 6.63. The van der Waals surface area contributed by atoms with Crippen molar-refractivity contribution in [3.63, 3.8) is 0 Å². The normalized spacial score (nSPS) is 14.4. The Balaban J connectivity index is 2.02. The molecule has 0 atom stereocenters. The third-order valence-electron chi connectivity index (χ3n) is 4.83. The molecule has 138 valence electrons. The van der Waals surface area contributed by atoms with Crippen LogP contribution in [-0.4, -0.2) is 13.0 Å². The van der Waals surface area contributed by atoms with Crippen LogP contribution >= 0.6 is 32.9 Å². The third kappa shape index (κ3) is 2.72. The topological polar surface area (TPSA) is 29.5 Å². The van der Waals surface area contributed by atoms with E-state index in [1.54, 1.807) is 34.5 Å². The number of fused-ring (bicyclic) bond motifs is 2. The standard InChI is InChI=1S/C20H16FNO2S3/c1-20(2)13-9-8-11(24-3)10-15(13)22(16-17(20)26-27-19(16)25)18(23)12-6-4-5-7-14(12)21/h4-10H,1-3H3. The fourth-order valence-electron chi connectivity index (χ4n) is 3.40. The molecule has 0 radical (unpaired) electrons. The number of ether oxygens (including phenoxy) is 1. The first kappa shape index (κ1) is 18.3. The van der Waals surface area contributed by atoms with Crippen molar-refractivity contribution in [1.29, 1.82) is 0 Å². The van der Waals surface area contributed by atoms with Gasteiger partial charge < -0.3 is 4.74 Å². The highest BCUT2D eigenvalue weighted by molar-refractivity contribution is 7.80. The van der Waals surface area contributed by atoms with E-state index in [9.17, 15) is 9.18 Å². The molecule has 0 unspecified atom stereocenters. The van der Waals surface area contributed by atoms with Crippen molar-refractivity contribution in [2.24, 2.45) is 0 Å². The zero-order chi connectivity index (χ0) is 19.3. The molecule has 27 heavy (non-hydrogen) atoms. The largest absolute Gasteiger partial charge is 0.497 e. The van der Waals surface area contributed by atoms with Crippen molar-refractivity contribution in [3.8, 4) is 5.75 Å². The molecular weight excluding hydrogens is 401 g/mol. The minimum absolute atomic E-state index is 0.0162. The number of hydrogen-bond acceptors (Lipinski definition) is 5. The average Bonchev–Trinajstić information content (AvgIpc) is 3.04. The molecule has 0 bridgehead atoms. The SMILES string of the molecule is COc1ccc2c(c1)N(C(=O)c1ccccc1F)c1c(ssc1=S)C2(C)C. The van der Waals surface area contributed by atoms with Crippen LogP contribution in [0.5, 0.6) is 5.75 Å². The molecule has 0 spiro atoms. The molecule has 2 heterocycles. The maximum atomic E-state index is 14.4. The molecule has 0 aliphatic carbocycles. The minimum atomic E-state index is -0.553. The minimum Gasteiger partial charge on any atom is -0.497 e. The Hall–Kier alpha value is -2.09. The van der Waals surface area contributed by atoms with Crippen molar-refractivity contribution < 1.29 is 13.9 Å². The number of methoxy groups -OCH3 is 1. The van der Waals surface area contributed by atoms with E-state index in [0.717, 1.165) is 10.4 Å². The number of halogens is 1. The van der Waals surface area contributed by atoms with E-state index in [0.29, 0.717) is 20.9 Å². The molecule has 0 fully saturated rings. The Bertz CT molecular complexity index is 1120. The molecule has 3 nitrogen and oxygen atoms in total. The predicted molar refractivity (Wildman–Crippen MR) is 111 cm³/mol. The maximum Gasteiger partial charge on any atom is 0.265 e. The number of carbonyl (C=O) groups is 1. The zero-order valence-corrected chi connectivity index (χ0v) is 17.4. The summed E-state index contributed by atoms with van der Waals surface area (Å²) < 4.78 is 20.4. The number of carbonyl (C=O) groups excluding carboxylic acids is 1. The van der Waals surface area contributed by atoms with Crippen molar-refractivity contribution in [2.45, 2.75) is 19.3 Å². The van der Waals surface area contributed by atoms with Gasteiger partial charge in [0.15, 0.2) is 0 Å². The number of amides is 1. The summed E-state index contributed by atoms with van der Waals surface area (Å²) in [5.41, 5.74) is 2.03. The van der Waals surface area contributed by atoms with Gasteiger partial charge in [0, 0.05) is 11.5 Å². The van der Waals surface area contributed by atoms with E-state index >= 15 is 0 Å². The van der Waals surface area contributed by atoms with Crippen molar-refractivity contribution in [1.82, 2.24) is 0 Å². The molecule has 1 aromatic heterocycles. The summed E-state index contributed by atoms with van der Waals surface area (Å²) in [6, 6.07) is 11.7. The lowest BCUT2D eigenvalue weighted by Crippen LogP contribution is -2.36. The van der Waals surface area contributed by atoms with Gasteiger partial charge in [0.05, 0.1) is 28.9 Å². The maximum absolute atomic E-state index is 14.4. The summed E-state index contributed by atoms with van der Waals surface area (Å²) in [7, 11) is 4.61. The van der Waals surface area contributed by atoms with Gasteiger partial charge in [-0.3, -0.25) is 9.69 Å². The van der Waals surface area contributed by atoms with Crippen LogP contribution in [0.2, 0.25) is 0 Å². The average molecular weight is 418 g/mol. The first-order chi connectivity index (χ1) is 12.9. The molecule has 0 saturated heterocycles. The number of benzene rings is 2. The lowest BCUT2D eigenvalue weighted by molar-refractivity contribution is 0.0994. The highest BCUT2D eigenvalue weighted by Crippen LogP contribution is 2.54. The van der Waals surface area contributed by atoms with Gasteiger partial charge >= 0.3 is 0 Å². The van der Waals surface area contributed by atoms with Crippen LogP contribution in [0, 0.1) is 9.64 Å². The summed E-state index contributed by atoms with van der Waals surface area (Å²) in [4.78, 5) is 16.0. The van der Waals surface area contributed by atoms with E-state index in [-0.39, 0.29) is 11.0 Å². The van der Waals surface area contributed by atoms with Crippen LogP contribution in [0.25, 0.3) is 0 Å². The lowest BCUT2D eigenvalue weighted by atomic mass is 9.78. The van der Waals surface area contributed by atoms with Crippen LogP contribution < -0.4 is 9.64 Å². The van der Waals surface area contributed by atoms with Gasteiger partial charge in [-0.15, -0.1) is 0 Å². The molecule has 0 saturated carbocycles. The van der Waals surface area contributed by atoms with Gasteiger partial charge in [-0.25, -0.2) is 4.39 Å². The van der Waals surface area contributed by atoms with E-state index in [4.69, 9.17) is 17.0 Å². The van der Waals surface area contributed by atoms with E-state index in [1.165, 1.54) is 22.5 Å². The highest BCUT2D eigenvalue weighted by atomic mass is 32.9. The molecule has 0 N–H and O–H groups in total. The van der Waals surface area contributed by atoms with Gasteiger partial charge in [0.25, 0.3) is 5.91 Å². The second-order valence-corrected chi connectivity index (χ2v) is 9.58. The quantitative estimate of drug-likeness (QED) is 0.362. The number of rotatable bonds is 2. The Morgan fingerprint density at radius 3 is 2.63 bits per heavy atom. The smallest absolute Gasteiger partial charge is 0.265 e. The molecule has 4 rings (SSSR count). The predicted octanol–water partition coefficient (Wildman–Crippen LogP) is 6.30. The number of nitrogens with zero attached hydrogens (tertiary/aromatic N) is 1. The first-order valence-electron chi connectivity index (χ1n) is 8.27. The summed E-state index contributed by atoms with van der Waals surface area (Å²) in [5.74, 6) is -0.358. The summed E-state index contributed by atoms with van der Waals surface area (Å²) in [6.45, 7) is 4.22.